The lowest BCUT2D eigenvalue weighted by Gasteiger charge is -2.24. The number of methoxy groups -OCH3 is 1. The van der Waals surface area contributed by atoms with Crippen LogP contribution in [0.5, 0.6) is 5.75 Å². The van der Waals surface area contributed by atoms with Gasteiger partial charge in [0.2, 0.25) is 0 Å². The van der Waals surface area contributed by atoms with Crippen LogP contribution in [0.3, 0.4) is 0 Å². The first-order chi connectivity index (χ1) is 16.1. The summed E-state index contributed by atoms with van der Waals surface area (Å²) in [5.41, 5.74) is 3.76. The molecule has 3 aromatic rings. The Hall–Kier alpha value is -3.39. The minimum atomic E-state index is -0.372. The standard InChI is InChI=1S/C26H26N2O5.ClH/c1-31-26(30)21-4-2-18(3-5-21)17-33-23-12-8-20(9-13-23)25(29)28-22-10-6-19(7-11-22)24-16-27-14-15-32-24;/h2-13,24,27H,14-17H2,1H3,(H,28,29);1H/t24-;/m0./s1. The molecule has 0 unspecified atom stereocenters. The van der Waals surface area contributed by atoms with E-state index in [0.29, 0.717) is 30.1 Å². The van der Waals surface area contributed by atoms with Gasteiger partial charge in [0.1, 0.15) is 12.4 Å². The molecule has 0 bridgehead atoms. The molecule has 1 fully saturated rings. The third-order valence-corrected chi connectivity index (χ3v) is 5.36. The highest BCUT2D eigenvalue weighted by molar-refractivity contribution is 6.04. The van der Waals surface area contributed by atoms with Crippen molar-refractivity contribution in [1.29, 1.82) is 0 Å². The van der Waals surface area contributed by atoms with E-state index in [9.17, 15) is 9.59 Å². The minimum absolute atomic E-state index is 0. The fraction of sp³-hybridized carbons (Fsp3) is 0.231. The summed E-state index contributed by atoms with van der Waals surface area (Å²) in [5, 5.41) is 6.22. The van der Waals surface area contributed by atoms with Crippen LogP contribution < -0.4 is 15.4 Å². The minimum Gasteiger partial charge on any atom is -0.489 e. The highest BCUT2D eigenvalue weighted by Gasteiger charge is 2.15. The maximum absolute atomic E-state index is 12.6. The highest BCUT2D eigenvalue weighted by atomic mass is 35.5. The zero-order valence-electron chi connectivity index (χ0n) is 18.8. The number of amides is 1. The molecule has 0 aromatic heterocycles. The number of ether oxygens (including phenoxy) is 3. The van der Waals surface area contributed by atoms with Crippen molar-refractivity contribution in [3.8, 4) is 5.75 Å². The second kappa shape index (κ2) is 12.2. The number of hydrogen-bond donors (Lipinski definition) is 2. The molecule has 3 aromatic carbocycles. The van der Waals surface area contributed by atoms with Crippen LogP contribution in [0.15, 0.2) is 72.8 Å². The Balaban J connectivity index is 0.00000324. The second-order valence-corrected chi connectivity index (χ2v) is 7.64. The first-order valence-electron chi connectivity index (χ1n) is 10.8. The predicted octanol–water partition coefficient (Wildman–Crippen LogP) is 4.39. The molecule has 1 aliphatic heterocycles. The number of carbonyl (C=O) groups is 2. The normalized spacial score (nSPS) is 15.0. The largest absolute Gasteiger partial charge is 0.489 e. The van der Waals surface area contributed by atoms with Crippen molar-refractivity contribution in [2.75, 3.05) is 32.1 Å². The smallest absolute Gasteiger partial charge is 0.337 e. The number of esters is 1. The Kier molecular flexibility index (Phi) is 9.04. The summed E-state index contributed by atoms with van der Waals surface area (Å²) in [6.07, 6.45) is 0.0434. The number of anilines is 1. The summed E-state index contributed by atoms with van der Waals surface area (Å²) in [6, 6.07) is 21.7. The first kappa shape index (κ1) is 25.2. The van der Waals surface area contributed by atoms with E-state index in [1.54, 1.807) is 36.4 Å². The van der Waals surface area contributed by atoms with E-state index in [0.717, 1.165) is 29.9 Å². The number of halogens is 1. The van der Waals surface area contributed by atoms with Crippen molar-refractivity contribution in [1.82, 2.24) is 5.32 Å². The molecule has 4 rings (SSSR count). The van der Waals surface area contributed by atoms with Gasteiger partial charge in [-0.2, -0.15) is 0 Å². The highest BCUT2D eigenvalue weighted by Crippen LogP contribution is 2.21. The van der Waals surface area contributed by atoms with Gasteiger partial charge in [-0.1, -0.05) is 24.3 Å². The third kappa shape index (κ3) is 6.57. The Labute approximate surface area is 204 Å². The molecule has 0 aliphatic carbocycles. The fourth-order valence-corrected chi connectivity index (χ4v) is 3.49. The van der Waals surface area contributed by atoms with E-state index in [4.69, 9.17) is 14.2 Å². The molecule has 2 N–H and O–H groups in total. The SMILES string of the molecule is COC(=O)c1ccc(COc2ccc(C(=O)Nc3ccc([C@@H]4CNCCO4)cc3)cc2)cc1.Cl. The summed E-state index contributed by atoms with van der Waals surface area (Å²) in [5.74, 6) is 0.0835. The number of benzene rings is 3. The van der Waals surface area contributed by atoms with E-state index in [1.807, 2.05) is 36.4 Å². The average molecular weight is 483 g/mol. The van der Waals surface area contributed by atoms with Crippen LogP contribution in [0.2, 0.25) is 0 Å². The third-order valence-electron chi connectivity index (χ3n) is 5.36. The molecule has 1 atom stereocenters. The van der Waals surface area contributed by atoms with Crippen molar-refractivity contribution in [3.05, 3.63) is 95.1 Å². The summed E-state index contributed by atoms with van der Waals surface area (Å²) in [6.45, 7) is 2.71. The quantitative estimate of drug-likeness (QED) is 0.486. The second-order valence-electron chi connectivity index (χ2n) is 7.64. The van der Waals surface area contributed by atoms with Crippen molar-refractivity contribution in [2.24, 2.45) is 0 Å². The van der Waals surface area contributed by atoms with Crippen LogP contribution in [0.1, 0.15) is 37.9 Å². The van der Waals surface area contributed by atoms with Crippen LogP contribution in [-0.2, 0) is 16.1 Å². The number of rotatable bonds is 7. The van der Waals surface area contributed by atoms with Crippen LogP contribution >= 0.6 is 12.4 Å². The molecule has 1 heterocycles. The van der Waals surface area contributed by atoms with Gasteiger partial charge in [0.15, 0.2) is 0 Å². The zero-order chi connectivity index (χ0) is 23.0. The van der Waals surface area contributed by atoms with Crippen molar-refractivity contribution < 1.29 is 23.8 Å². The molecule has 8 heteroatoms. The molecule has 1 amide bonds. The molecule has 178 valence electrons. The number of nitrogens with one attached hydrogen (secondary N) is 2. The summed E-state index contributed by atoms with van der Waals surface area (Å²) in [7, 11) is 1.35. The van der Waals surface area contributed by atoms with Gasteiger partial charge < -0.3 is 24.8 Å². The van der Waals surface area contributed by atoms with Gasteiger partial charge in [0.25, 0.3) is 5.91 Å². The Bertz CT molecular complexity index is 1080. The summed E-state index contributed by atoms with van der Waals surface area (Å²) in [4.78, 5) is 24.1. The number of morpholine rings is 1. The zero-order valence-corrected chi connectivity index (χ0v) is 19.6. The van der Waals surface area contributed by atoms with Crippen LogP contribution in [0, 0.1) is 0 Å². The van der Waals surface area contributed by atoms with Gasteiger partial charge >= 0.3 is 5.97 Å². The Morgan fingerprint density at radius 3 is 2.26 bits per heavy atom. The lowest BCUT2D eigenvalue weighted by Crippen LogP contribution is -2.33. The van der Waals surface area contributed by atoms with Crippen LogP contribution in [0.25, 0.3) is 0 Å². The molecular formula is C26H27ClN2O5. The van der Waals surface area contributed by atoms with E-state index < -0.39 is 0 Å². The van der Waals surface area contributed by atoms with Crippen molar-refractivity contribution >= 4 is 30.0 Å². The number of hydrogen-bond acceptors (Lipinski definition) is 6. The lowest BCUT2D eigenvalue weighted by molar-refractivity contribution is 0.0277. The molecule has 0 radical (unpaired) electrons. The van der Waals surface area contributed by atoms with Gasteiger partial charge in [0, 0.05) is 24.3 Å². The van der Waals surface area contributed by atoms with Crippen molar-refractivity contribution in [3.63, 3.8) is 0 Å². The molecule has 1 aliphatic rings. The van der Waals surface area contributed by atoms with Crippen LogP contribution in [-0.4, -0.2) is 38.7 Å². The first-order valence-corrected chi connectivity index (χ1v) is 10.8. The van der Waals surface area contributed by atoms with Gasteiger partial charge in [-0.15, -0.1) is 12.4 Å². The van der Waals surface area contributed by atoms with E-state index in [1.165, 1.54) is 7.11 Å². The average Bonchev–Trinajstić information content (AvgIpc) is 2.88. The van der Waals surface area contributed by atoms with Crippen LogP contribution in [0.4, 0.5) is 5.69 Å². The topological polar surface area (TPSA) is 85.9 Å². The Morgan fingerprint density at radius 2 is 1.65 bits per heavy atom. The predicted molar refractivity (Wildman–Crippen MR) is 132 cm³/mol. The van der Waals surface area contributed by atoms with Gasteiger partial charge in [-0.3, -0.25) is 4.79 Å². The molecule has 0 saturated carbocycles. The van der Waals surface area contributed by atoms with Crippen molar-refractivity contribution in [2.45, 2.75) is 12.7 Å². The summed E-state index contributed by atoms with van der Waals surface area (Å²) < 4.78 is 16.2. The van der Waals surface area contributed by atoms with E-state index >= 15 is 0 Å². The maximum Gasteiger partial charge on any atom is 0.337 e. The van der Waals surface area contributed by atoms with Gasteiger partial charge in [0.05, 0.1) is 25.4 Å². The molecule has 1 saturated heterocycles. The van der Waals surface area contributed by atoms with E-state index in [-0.39, 0.29) is 30.4 Å². The van der Waals surface area contributed by atoms with Gasteiger partial charge in [-0.05, 0) is 59.7 Å². The molecule has 34 heavy (non-hydrogen) atoms. The van der Waals surface area contributed by atoms with Gasteiger partial charge in [-0.25, -0.2) is 4.79 Å². The summed E-state index contributed by atoms with van der Waals surface area (Å²) >= 11 is 0. The monoisotopic (exact) mass is 482 g/mol. The Morgan fingerprint density at radius 1 is 0.971 bits per heavy atom. The maximum atomic E-state index is 12.6. The number of carbonyl (C=O) groups excluding carboxylic acids is 2. The van der Waals surface area contributed by atoms with E-state index in [2.05, 4.69) is 10.6 Å². The molecule has 7 nitrogen and oxygen atoms in total. The fourth-order valence-electron chi connectivity index (χ4n) is 3.49. The lowest BCUT2D eigenvalue weighted by atomic mass is 10.1. The molecule has 0 spiro atoms. The molecular weight excluding hydrogens is 456 g/mol.